The standard InChI is InChI=1S/C11H7BO4/c1-13-10-8-6-4-2-3-5-7(6)9-11(10)16-12(14-8)15-9/h2-5H,1H3. The molecule has 0 N–H and O–H groups in total. The zero-order valence-electron chi connectivity index (χ0n) is 8.52. The first kappa shape index (κ1) is 8.16. The summed E-state index contributed by atoms with van der Waals surface area (Å²) in [5, 5.41) is 1.98. The maximum atomic E-state index is 5.57. The van der Waals surface area contributed by atoms with Gasteiger partial charge in [0, 0.05) is 10.8 Å². The number of hydrogen-bond donors (Lipinski definition) is 0. The van der Waals surface area contributed by atoms with Crippen molar-refractivity contribution in [2.45, 2.75) is 0 Å². The van der Waals surface area contributed by atoms with Gasteiger partial charge >= 0.3 is 7.32 Å². The molecule has 16 heavy (non-hydrogen) atoms. The van der Waals surface area contributed by atoms with E-state index in [1.807, 2.05) is 24.3 Å². The van der Waals surface area contributed by atoms with Crippen LogP contribution in [0.15, 0.2) is 24.3 Å². The highest BCUT2D eigenvalue weighted by atomic mass is 16.8. The molecule has 0 spiro atoms. The zero-order valence-corrected chi connectivity index (χ0v) is 8.52. The van der Waals surface area contributed by atoms with Crippen LogP contribution < -0.4 is 18.7 Å². The molecule has 5 heteroatoms. The summed E-state index contributed by atoms with van der Waals surface area (Å²) in [6, 6.07) is 7.89. The third-order valence-corrected chi connectivity index (χ3v) is 2.88. The normalized spacial score (nSPS) is 14.7. The van der Waals surface area contributed by atoms with Crippen LogP contribution in [-0.4, -0.2) is 14.4 Å². The molecule has 2 aliphatic rings. The third-order valence-electron chi connectivity index (χ3n) is 2.88. The van der Waals surface area contributed by atoms with E-state index in [1.54, 1.807) is 7.11 Å². The Morgan fingerprint density at radius 1 is 0.938 bits per heavy atom. The van der Waals surface area contributed by atoms with E-state index >= 15 is 0 Å². The first-order valence-corrected chi connectivity index (χ1v) is 5.01. The molecular weight excluding hydrogens is 207 g/mol. The number of hydrogen-bond acceptors (Lipinski definition) is 4. The summed E-state index contributed by atoms with van der Waals surface area (Å²) >= 11 is 0. The van der Waals surface area contributed by atoms with Gasteiger partial charge in [0.1, 0.15) is 0 Å². The fourth-order valence-electron chi connectivity index (χ4n) is 2.22. The summed E-state index contributed by atoms with van der Waals surface area (Å²) in [6.45, 7) is 0. The Labute approximate surface area is 91.8 Å². The molecule has 78 valence electrons. The van der Waals surface area contributed by atoms with Gasteiger partial charge < -0.3 is 18.7 Å². The monoisotopic (exact) mass is 214 g/mol. The minimum Gasteiger partial charge on any atom is -0.490 e. The van der Waals surface area contributed by atoms with Gasteiger partial charge in [0.2, 0.25) is 5.75 Å². The Morgan fingerprint density at radius 2 is 1.56 bits per heavy atom. The Morgan fingerprint density at radius 3 is 2.31 bits per heavy atom. The number of rotatable bonds is 1. The van der Waals surface area contributed by atoms with Crippen LogP contribution in [0.4, 0.5) is 0 Å². The van der Waals surface area contributed by atoms with E-state index in [0.717, 1.165) is 10.8 Å². The molecule has 4 nitrogen and oxygen atoms in total. The number of benzene rings is 2. The summed E-state index contributed by atoms with van der Waals surface area (Å²) in [5.41, 5.74) is 0. The van der Waals surface area contributed by atoms with Crippen LogP contribution in [0.5, 0.6) is 23.0 Å². The average Bonchev–Trinajstić information content (AvgIpc) is 2.60. The first-order chi connectivity index (χ1) is 7.88. The van der Waals surface area contributed by atoms with Crippen LogP contribution in [0.2, 0.25) is 0 Å². The highest BCUT2D eigenvalue weighted by Crippen LogP contribution is 2.56. The highest BCUT2D eigenvalue weighted by molar-refractivity contribution is 6.43. The predicted octanol–water partition coefficient (Wildman–Crippen LogP) is 2.00. The Balaban J connectivity index is 2.24. The van der Waals surface area contributed by atoms with Crippen molar-refractivity contribution < 1.29 is 18.7 Å². The number of ether oxygens (including phenoxy) is 1. The lowest BCUT2D eigenvalue weighted by molar-refractivity contribution is 0.307. The summed E-state index contributed by atoms with van der Waals surface area (Å²) in [5.74, 6) is 2.67. The Hall–Kier alpha value is -2.04. The third kappa shape index (κ3) is 0.779. The summed E-state index contributed by atoms with van der Waals surface area (Å²) in [4.78, 5) is 0. The van der Waals surface area contributed by atoms with Gasteiger partial charge in [-0.3, -0.25) is 0 Å². The fraction of sp³-hybridized carbons (Fsp3) is 0.0909. The molecule has 0 saturated heterocycles. The van der Waals surface area contributed by atoms with Gasteiger partial charge in [0.15, 0.2) is 17.2 Å². The molecule has 0 aromatic heterocycles. The summed E-state index contributed by atoms with van der Waals surface area (Å²) < 4.78 is 21.9. The molecule has 0 radical (unpaired) electrons. The topological polar surface area (TPSA) is 36.9 Å². The molecule has 0 aliphatic carbocycles. The molecular formula is C11H7BO4. The molecule has 0 amide bonds. The quantitative estimate of drug-likeness (QED) is 0.680. The largest absolute Gasteiger partial charge is 0.864 e. The zero-order chi connectivity index (χ0) is 10.7. The van der Waals surface area contributed by atoms with Crippen LogP contribution in [-0.2, 0) is 0 Å². The minimum absolute atomic E-state index is 0.613. The van der Waals surface area contributed by atoms with Crippen LogP contribution in [0.3, 0.4) is 0 Å². The van der Waals surface area contributed by atoms with Crippen molar-refractivity contribution in [1.29, 1.82) is 0 Å². The molecule has 2 aromatic carbocycles. The number of methoxy groups -OCH3 is 1. The number of fused-ring (bicyclic) bond motifs is 5. The van der Waals surface area contributed by atoms with Crippen molar-refractivity contribution in [3.05, 3.63) is 24.3 Å². The molecule has 3 bridgehead atoms. The van der Waals surface area contributed by atoms with Crippen LogP contribution in [0.1, 0.15) is 0 Å². The molecule has 2 aromatic rings. The van der Waals surface area contributed by atoms with E-state index in [0.29, 0.717) is 23.0 Å². The summed E-state index contributed by atoms with van der Waals surface area (Å²) in [6.07, 6.45) is 0. The van der Waals surface area contributed by atoms with Crippen LogP contribution in [0.25, 0.3) is 10.8 Å². The molecule has 0 fully saturated rings. The second kappa shape index (κ2) is 2.55. The average molecular weight is 214 g/mol. The first-order valence-electron chi connectivity index (χ1n) is 5.01. The molecule has 2 aliphatic heterocycles. The minimum atomic E-state index is -0.661. The van der Waals surface area contributed by atoms with Crippen LogP contribution in [0, 0.1) is 0 Å². The van der Waals surface area contributed by atoms with Crippen molar-refractivity contribution in [2.24, 2.45) is 0 Å². The van der Waals surface area contributed by atoms with Gasteiger partial charge in [0.25, 0.3) is 0 Å². The Bertz CT molecular complexity index is 610. The summed E-state index contributed by atoms with van der Waals surface area (Å²) in [7, 11) is 0.936. The van der Waals surface area contributed by atoms with Gasteiger partial charge in [-0.1, -0.05) is 24.3 Å². The lowest BCUT2D eigenvalue weighted by Crippen LogP contribution is -2.33. The van der Waals surface area contributed by atoms with E-state index in [4.69, 9.17) is 18.7 Å². The van der Waals surface area contributed by atoms with Gasteiger partial charge in [0.05, 0.1) is 7.11 Å². The van der Waals surface area contributed by atoms with Crippen molar-refractivity contribution in [3.8, 4) is 23.0 Å². The van der Waals surface area contributed by atoms with Gasteiger partial charge in [-0.05, 0) is 0 Å². The SMILES string of the molecule is COc1c2c3c4ccccc4c1OB(O2)O3. The predicted molar refractivity (Wildman–Crippen MR) is 58.1 cm³/mol. The van der Waals surface area contributed by atoms with Crippen LogP contribution >= 0.6 is 0 Å². The van der Waals surface area contributed by atoms with E-state index in [2.05, 4.69) is 0 Å². The van der Waals surface area contributed by atoms with Gasteiger partial charge in [-0.2, -0.15) is 0 Å². The van der Waals surface area contributed by atoms with E-state index in [-0.39, 0.29) is 0 Å². The Kier molecular flexibility index (Phi) is 1.30. The molecule has 2 heterocycles. The molecule has 4 rings (SSSR count). The van der Waals surface area contributed by atoms with E-state index < -0.39 is 7.32 Å². The van der Waals surface area contributed by atoms with E-state index in [9.17, 15) is 0 Å². The molecule has 0 saturated carbocycles. The van der Waals surface area contributed by atoms with Crippen molar-refractivity contribution in [2.75, 3.05) is 7.11 Å². The van der Waals surface area contributed by atoms with Gasteiger partial charge in [-0.25, -0.2) is 0 Å². The second-order valence-corrected chi connectivity index (χ2v) is 3.71. The molecule has 0 atom stereocenters. The van der Waals surface area contributed by atoms with Crippen molar-refractivity contribution in [1.82, 2.24) is 0 Å². The smallest absolute Gasteiger partial charge is 0.490 e. The van der Waals surface area contributed by atoms with Gasteiger partial charge in [-0.15, -0.1) is 0 Å². The fourth-order valence-corrected chi connectivity index (χ4v) is 2.22. The maximum Gasteiger partial charge on any atom is 0.864 e. The van der Waals surface area contributed by atoms with E-state index in [1.165, 1.54) is 0 Å². The van der Waals surface area contributed by atoms with Crippen molar-refractivity contribution >= 4 is 18.1 Å². The lowest BCUT2D eigenvalue weighted by atomic mass is 10.1. The molecule has 0 unspecified atom stereocenters. The second-order valence-electron chi connectivity index (χ2n) is 3.71. The maximum absolute atomic E-state index is 5.57. The van der Waals surface area contributed by atoms with Crippen molar-refractivity contribution in [3.63, 3.8) is 0 Å². The lowest BCUT2D eigenvalue weighted by Gasteiger charge is -2.17. The highest BCUT2D eigenvalue weighted by Gasteiger charge is 2.47.